The average Bonchev–Trinajstić information content (AvgIpc) is 2.68. The molecule has 1 fully saturated rings. The molecule has 0 aromatic heterocycles. The Kier molecular flexibility index (Phi) is 5.51. The van der Waals surface area contributed by atoms with Crippen LogP contribution in [0.15, 0.2) is 60.7 Å². The highest BCUT2D eigenvalue weighted by molar-refractivity contribution is 7.80. The lowest BCUT2D eigenvalue weighted by Crippen LogP contribution is -2.43. The quantitative estimate of drug-likeness (QED) is 0.623. The SMILES string of the molecule is SC(c1c(Cl)cccc1CN1CCNCC1)c1cccc2ccccc12. The fourth-order valence-electron chi connectivity index (χ4n) is 3.78. The third kappa shape index (κ3) is 3.63. The number of halogens is 1. The summed E-state index contributed by atoms with van der Waals surface area (Å²) in [7, 11) is 0. The van der Waals surface area contributed by atoms with Crippen LogP contribution in [0.2, 0.25) is 5.02 Å². The van der Waals surface area contributed by atoms with Gasteiger partial charge in [-0.25, -0.2) is 0 Å². The molecule has 0 amide bonds. The zero-order valence-electron chi connectivity index (χ0n) is 14.7. The van der Waals surface area contributed by atoms with E-state index in [0.717, 1.165) is 43.3 Å². The molecule has 134 valence electrons. The monoisotopic (exact) mass is 382 g/mol. The molecule has 1 N–H and O–H groups in total. The van der Waals surface area contributed by atoms with Gasteiger partial charge in [0.2, 0.25) is 0 Å². The Hall–Kier alpha value is -1.52. The summed E-state index contributed by atoms with van der Waals surface area (Å²) in [6.07, 6.45) is 0. The number of benzene rings is 3. The molecule has 0 saturated carbocycles. The fraction of sp³-hybridized carbons (Fsp3) is 0.273. The Morgan fingerprint density at radius 1 is 0.962 bits per heavy atom. The van der Waals surface area contributed by atoms with Gasteiger partial charge in [-0.05, 0) is 33.5 Å². The summed E-state index contributed by atoms with van der Waals surface area (Å²) in [5.41, 5.74) is 3.61. The third-order valence-corrected chi connectivity index (χ3v) is 6.00. The lowest BCUT2D eigenvalue weighted by molar-refractivity contribution is 0.232. The Labute approximate surface area is 165 Å². The van der Waals surface area contributed by atoms with Gasteiger partial charge in [0, 0.05) is 37.7 Å². The molecule has 1 aliphatic rings. The van der Waals surface area contributed by atoms with E-state index < -0.39 is 0 Å². The molecule has 4 heteroatoms. The summed E-state index contributed by atoms with van der Waals surface area (Å²) in [6, 6.07) is 21.1. The van der Waals surface area contributed by atoms with Crippen LogP contribution >= 0.6 is 24.2 Å². The molecule has 4 rings (SSSR count). The highest BCUT2D eigenvalue weighted by Gasteiger charge is 2.21. The van der Waals surface area contributed by atoms with Crippen molar-refractivity contribution in [2.24, 2.45) is 0 Å². The second-order valence-corrected chi connectivity index (χ2v) is 7.73. The van der Waals surface area contributed by atoms with Crippen molar-refractivity contribution in [2.45, 2.75) is 11.8 Å². The number of thiol groups is 1. The minimum absolute atomic E-state index is 0.0484. The second-order valence-electron chi connectivity index (χ2n) is 6.81. The zero-order chi connectivity index (χ0) is 17.9. The van der Waals surface area contributed by atoms with E-state index in [4.69, 9.17) is 24.2 Å². The van der Waals surface area contributed by atoms with Gasteiger partial charge in [0.25, 0.3) is 0 Å². The summed E-state index contributed by atoms with van der Waals surface area (Å²) >= 11 is 11.7. The van der Waals surface area contributed by atoms with E-state index in [1.807, 2.05) is 12.1 Å². The van der Waals surface area contributed by atoms with Gasteiger partial charge in [-0.1, -0.05) is 66.2 Å². The first-order valence-electron chi connectivity index (χ1n) is 9.10. The van der Waals surface area contributed by atoms with Gasteiger partial charge in [0.1, 0.15) is 0 Å². The molecule has 26 heavy (non-hydrogen) atoms. The van der Waals surface area contributed by atoms with Gasteiger partial charge in [0.15, 0.2) is 0 Å². The molecule has 3 aromatic rings. The summed E-state index contributed by atoms with van der Waals surface area (Å²) in [5, 5.41) is 6.64. The van der Waals surface area contributed by atoms with Crippen molar-refractivity contribution in [1.29, 1.82) is 0 Å². The first-order valence-corrected chi connectivity index (χ1v) is 9.99. The summed E-state index contributed by atoms with van der Waals surface area (Å²) in [4.78, 5) is 2.48. The molecule has 0 spiro atoms. The van der Waals surface area contributed by atoms with Gasteiger partial charge in [-0.3, -0.25) is 4.90 Å². The molecule has 1 saturated heterocycles. The Balaban J connectivity index is 1.74. The van der Waals surface area contributed by atoms with Gasteiger partial charge in [-0.2, -0.15) is 12.6 Å². The van der Waals surface area contributed by atoms with E-state index in [2.05, 4.69) is 58.7 Å². The number of hydrogen-bond acceptors (Lipinski definition) is 3. The largest absolute Gasteiger partial charge is 0.314 e. The molecule has 0 aliphatic carbocycles. The normalized spacial score (nSPS) is 16.7. The molecule has 0 radical (unpaired) electrons. The number of hydrogen-bond donors (Lipinski definition) is 2. The summed E-state index contributed by atoms with van der Waals surface area (Å²) < 4.78 is 0. The molecule has 1 atom stereocenters. The zero-order valence-corrected chi connectivity index (χ0v) is 16.3. The topological polar surface area (TPSA) is 15.3 Å². The van der Waals surface area contributed by atoms with Crippen LogP contribution in [0.4, 0.5) is 0 Å². The average molecular weight is 383 g/mol. The van der Waals surface area contributed by atoms with Crippen molar-refractivity contribution in [2.75, 3.05) is 26.2 Å². The van der Waals surface area contributed by atoms with Gasteiger partial charge < -0.3 is 5.32 Å². The summed E-state index contributed by atoms with van der Waals surface area (Å²) in [5.74, 6) is 0. The van der Waals surface area contributed by atoms with Crippen LogP contribution in [0.25, 0.3) is 10.8 Å². The highest BCUT2D eigenvalue weighted by atomic mass is 35.5. The maximum Gasteiger partial charge on any atom is 0.0540 e. The van der Waals surface area contributed by atoms with Crippen LogP contribution < -0.4 is 5.32 Å². The Bertz CT molecular complexity index is 900. The second kappa shape index (κ2) is 8.01. The number of nitrogens with one attached hydrogen (secondary N) is 1. The van der Waals surface area contributed by atoms with Crippen LogP contribution in [0.5, 0.6) is 0 Å². The molecule has 3 aromatic carbocycles. The van der Waals surface area contributed by atoms with E-state index in [0.29, 0.717) is 0 Å². The first-order chi connectivity index (χ1) is 12.7. The third-order valence-electron chi connectivity index (χ3n) is 5.14. The van der Waals surface area contributed by atoms with Crippen LogP contribution in [0.3, 0.4) is 0 Å². The number of piperazine rings is 1. The molecule has 1 unspecified atom stereocenters. The van der Waals surface area contributed by atoms with E-state index in [9.17, 15) is 0 Å². The van der Waals surface area contributed by atoms with Crippen LogP contribution in [-0.4, -0.2) is 31.1 Å². The Morgan fingerprint density at radius 2 is 1.69 bits per heavy atom. The smallest absolute Gasteiger partial charge is 0.0540 e. The predicted octanol–water partition coefficient (Wildman–Crippen LogP) is 4.92. The van der Waals surface area contributed by atoms with Crippen LogP contribution in [0.1, 0.15) is 21.9 Å². The number of rotatable bonds is 4. The lowest BCUT2D eigenvalue weighted by atomic mass is 9.94. The Morgan fingerprint density at radius 3 is 2.54 bits per heavy atom. The lowest BCUT2D eigenvalue weighted by Gasteiger charge is -2.29. The van der Waals surface area contributed by atoms with E-state index in [1.54, 1.807) is 0 Å². The van der Waals surface area contributed by atoms with E-state index in [1.165, 1.54) is 21.9 Å². The minimum Gasteiger partial charge on any atom is -0.314 e. The summed E-state index contributed by atoms with van der Waals surface area (Å²) in [6.45, 7) is 5.14. The fourth-order valence-corrected chi connectivity index (χ4v) is 4.69. The molecular weight excluding hydrogens is 360 g/mol. The number of nitrogens with zero attached hydrogens (tertiary/aromatic N) is 1. The van der Waals surface area contributed by atoms with Crippen molar-refractivity contribution in [1.82, 2.24) is 10.2 Å². The van der Waals surface area contributed by atoms with Crippen molar-refractivity contribution in [3.8, 4) is 0 Å². The number of fused-ring (bicyclic) bond motifs is 1. The van der Waals surface area contributed by atoms with Crippen molar-refractivity contribution < 1.29 is 0 Å². The van der Waals surface area contributed by atoms with Crippen LogP contribution in [0, 0.1) is 0 Å². The molecular formula is C22H23ClN2S. The molecule has 1 aliphatic heterocycles. The highest BCUT2D eigenvalue weighted by Crippen LogP contribution is 2.39. The molecule has 0 bridgehead atoms. The van der Waals surface area contributed by atoms with E-state index >= 15 is 0 Å². The minimum atomic E-state index is -0.0484. The van der Waals surface area contributed by atoms with Crippen molar-refractivity contribution in [3.05, 3.63) is 82.4 Å². The first kappa shape index (κ1) is 17.9. The van der Waals surface area contributed by atoms with Gasteiger partial charge >= 0.3 is 0 Å². The van der Waals surface area contributed by atoms with E-state index in [-0.39, 0.29) is 5.25 Å². The standard InChI is InChI=1S/C22H23ClN2S/c23-20-10-4-7-17(15-25-13-11-24-12-14-25)21(20)22(26)19-9-3-6-16-5-1-2-8-18(16)19/h1-10,22,24,26H,11-15H2. The predicted molar refractivity (Wildman–Crippen MR) is 114 cm³/mol. The van der Waals surface area contributed by atoms with Gasteiger partial charge in [0.05, 0.1) is 5.25 Å². The van der Waals surface area contributed by atoms with Crippen LogP contribution in [-0.2, 0) is 6.54 Å². The van der Waals surface area contributed by atoms with Crippen molar-refractivity contribution >= 4 is 35.0 Å². The maximum atomic E-state index is 6.66. The van der Waals surface area contributed by atoms with Gasteiger partial charge in [-0.15, -0.1) is 0 Å². The maximum absolute atomic E-state index is 6.66. The molecule has 2 nitrogen and oxygen atoms in total. The van der Waals surface area contributed by atoms with Crippen molar-refractivity contribution in [3.63, 3.8) is 0 Å². The molecule has 1 heterocycles.